The van der Waals surface area contributed by atoms with Crippen LogP contribution in [0, 0.1) is 5.82 Å². The Bertz CT molecular complexity index is 393. The van der Waals surface area contributed by atoms with E-state index in [9.17, 15) is 22.4 Å². The highest BCUT2D eigenvalue weighted by molar-refractivity contribution is 5.74. The number of allylic oxidation sites excluding steroid dienone is 1. The summed E-state index contributed by atoms with van der Waals surface area (Å²) in [4.78, 5) is 9.94. The van der Waals surface area contributed by atoms with E-state index in [2.05, 4.69) is 0 Å². The highest BCUT2D eigenvalue weighted by Crippen LogP contribution is 2.30. The highest BCUT2D eigenvalue weighted by atomic mass is 19.4. The Morgan fingerprint density at radius 2 is 1.87 bits per heavy atom. The van der Waals surface area contributed by atoms with Gasteiger partial charge in [-0.1, -0.05) is 0 Å². The molecule has 0 spiro atoms. The fourth-order valence-electron chi connectivity index (χ4n) is 0.991. The number of halogens is 4. The molecule has 1 aromatic carbocycles. The minimum Gasteiger partial charge on any atom is -0.299 e. The minimum absolute atomic E-state index is 0.267. The monoisotopic (exact) mass is 218 g/mol. The van der Waals surface area contributed by atoms with Crippen LogP contribution in [0.1, 0.15) is 11.1 Å². The van der Waals surface area contributed by atoms with Gasteiger partial charge in [-0.3, -0.25) is 4.79 Å². The highest BCUT2D eigenvalue weighted by Gasteiger charge is 2.30. The van der Waals surface area contributed by atoms with Crippen LogP contribution in [0.3, 0.4) is 0 Å². The summed E-state index contributed by atoms with van der Waals surface area (Å²) in [5.41, 5.74) is -1.22. The molecule has 0 aliphatic carbocycles. The number of aldehydes is 1. The molecule has 0 amide bonds. The average Bonchev–Trinajstić information content (AvgIpc) is 2.15. The smallest absolute Gasteiger partial charge is 0.299 e. The third-order valence-electron chi connectivity index (χ3n) is 1.68. The normalized spacial score (nSPS) is 12.0. The number of hydrogen-bond donors (Lipinski definition) is 0. The zero-order chi connectivity index (χ0) is 11.5. The van der Waals surface area contributed by atoms with Crippen molar-refractivity contribution in [2.45, 2.75) is 6.18 Å². The van der Waals surface area contributed by atoms with E-state index in [0.29, 0.717) is 24.5 Å². The van der Waals surface area contributed by atoms with Gasteiger partial charge in [-0.15, -0.1) is 0 Å². The van der Waals surface area contributed by atoms with Crippen LogP contribution in [-0.2, 0) is 11.0 Å². The summed E-state index contributed by atoms with van der Waals surface area (Å²) < 4.78 is 49.6. The van der Waals surface area contributed by atoms with Crippen LogP contribution in [-0.4, -0.2) is 6.29 Å². The number of benzene rings is 1. The second kappa shape index (κ2) is 4.25. The van der Waals surface area contributed by atoms with Crippen molar-refractivity contribution < 1.29 is 22.4 Å². The molecule has 0 saturated carbocycles. The van der Waals surface area contributed by atoms with E-state index in [4.69, 9.17) is 0 Å². The van der Waals surface area contributed by atoms with E-state index in [1.165, 1.54) is 0 Å². The predicted molar refractivity (Wildman–Crippen MR) is 46.5 cm³/mol. The van der Waals surface area contributed by atoms with E-state index in [1.54, 1.807) is 0 Å². The van der Waals surface area contributed by atoms with Gasteiger partial charge < -0.3 is 0 Å². The summed E-state index contributed by atoms with van der Waals surface area (Å²) >= 11 is 0. The van der Waals surface area contributed by atoms with Crippen molar-refractivity contribution in [1.82, 2.24) is 0 Å². The summed E-state index contributed by atoms with van der Waals surface area (Å²) in [7, 11) is 0. The van der Waals surface area contributed by atoms with Gasteiger partial charge in [0.1, 0.15) is 12.1 Å². The van der Waals surface area contributed by atoms with E-state index >= 15 is 0 Å². The van der Waals surface area contributed by atoms with Gasteiger partial charge in [-0.05, 0) is 30.4 Å². The average molecular weight is 218 g/mol. The second-order valence-electron chi connectivity index (χ2n) is 2.73. The van der Waals surface area contributed by atoms with Crippen LogP contribution in [0.25, 0.3) is 6.08 Å². The van der Waals surface area contributed by atoms with Crippen molar-refractivity contribution in [2.75, 3.05) is 0 Å². The first-order chi connectivity index (χ1) is 6.95. The molecule has 0 aromatic heterocycles. The molecule has 80 valence electrons. The molecule has 0 radical (unpaired) electrons. The van der Waals surface area contributed by atoms with Crippen LogP contribution >= 0.6 is 0 Å². The van der Waals surface area contributed by atoms with Gasteiger partial charge in [0.15, 0.2) is 0 Å². The Labute approximate surface area is 83.0 Å². The lowest BCUT2D eigenvalue weighted by atomic mass is 10.1. The first-order valence-corrected chi connectivity index (χ1v) is 3.94. The van der Waals surface area contributed by atoms with E-state index in [-0.39, 0.29) is 5.56 Å². The lowest BCUT2D eigenvalue weighted by Crippen LogP contribution is -2.05. The molecule has 0 saturated heterocycles. The second-order valence-corrected chi connectivity index (χ2v) is 2.73. The summed E-state index contributed by atoms with van der Waals surface area (Å²) in [6.45, 7) is 0. The summed E-state index contributed by atoms with van der Waals surface area (Å²) in [5, 5.41) is 0. The molecule has 0 heterocycles. The minimum atomic E-state index is -4.52. The Kier molecular flexibility index (Phi) is 3.24. The fraction of sp³-hybridized carbons (Fsp3) is 0.100. The molecule has 0 atom stereocenters. The van der Waals surface area contributed by atoms with Crippen molar-refractivity contribution >= 4 is 12.4 Å². The fourth-order valence-corrected chi connectivity index (χ4v) is 0.991. The summed E-state index contributed by atoms with van der Waals surface area (Å²) in [5.74, 6) is -0.805. The molecule has 0 aliphatic rings. The van der Waals surface area contributed by atoms with Crippen molar-refractivity contribution in [3.8, 4) is 0 Å². The molecule has 1 rings (SSSR count). The third kappa shape index (κ3) is 2.90. The van der Waals surface area contributed by atoms with Gasteiger partial charge in [0.25, 0.3) is 0 Å². The Morgan fingerprint density at radius 3 is 2.40 bits per heavy atom. The molecule has 1 aromatic rings. The zero-order valence-corrected chi connectivity index (χ0v) is 7.38. The molecule has 5 heteroatoms. The molecular weight excluding hydrogens is 212 g/mol. The van der Waals surface area contributed by atoms with Gasteiger partial charge in [0.05, 0.1) is 5.56 Å². The number of carbonyl (C=O) groups is 1. The zero-order valence-electron chi connectivity index (χ0n) is 7.38. The summed E-state index contributed by atoms with van der Waals surface area (Å²) in [6, 6.07) is 2.01. The van der Waals surface area contributed by atoms with Gasteiger partial charge in [0, 0.05) is 5.56 Å². The van der Waals surface area contributed by atoms with E-state index in [0.717, 1.165) is 12.2 Å². The van der Waals surface area contributed by atoms with Gasteiger partial charge in [0.2, 0.25) is 0 Å². The van der Waals surface area contributed by atoms with Gasteiger partial charge in [-0.25, -0.2) is 4.39 Å². The Hall–Kier alpha value is -1.65. The number of carbonyl (C=O) groups excluding carboxylic acids is 1. The lowest BCUT2D eigenvalue weighted by molar-refractivity contribution is -0.137. The standard InChI is InChI=1S/C10H6F4O/c11-9-4-3-8(10(12,13)14)6-7(9)2-1-5-15/h1-6H. The maximum absolute atomic E-state index is 12.9. The largest absolute Gasteiger partial charge is 0.416 e. The molecule has 0 fully saturated rings. The predicted octanol–water partition coefficient (Wildman–Crippen LogP) is 3.06. The number of alkyl halides is 3. The molecule has 0 unspecified atom stereocenters. The number of rotatable bonds is 2. The van der Waals surface area contributed by atoms with Gasteiger partial charge >= 0.3 is 6.18 Å². The van der Waals surface area contributed by atoms with Gasteiger partial charge in [-0.2, -0.15) is 13.2 Å². The van der Waals surface area contributed by atoms with Crippen LogP contribution < -0.4 is 0 Å². The molecule has 1 nitrogen and oxygen atoms in total. The van der Waals surface area contributed by atoms with E-state index < -0.39 is 17.6 Å². The quantitative estimate of drug-likeness (QED) is 0.423. The van der Waals surface area contributed by atoms with Crippen molar-refractivity contribution in [2.24, 2.45) is 0 Å². The first-order valence-electron chi connectivity index (χ1n) is 3.94. The summed E-state index contributed by atoms with van der Waals surface area (Å²) in [6.07, 6.45) is -2.24. The van der Waals surface area contributed by atoms with Crippen molar-refractivity contribution in [3.63, 3.8) is 0 Å². The lowest BCUT2D eigenvalue weighted by Gasteiger charge is -2.07. The van der Waals surface area contributed by atoms with Crippen LogP contribution in [0.2, 0.25) is 0 Å². The topological polar surface area (TPSA) is 17.1 Å². The Morgan fingerprint density at radius 1 is 1.20 bits per heavy atom. The molecule has 0 N–H and O–H groups in total. The Balaban J connectivity index is 3.16. The maximum atomic E-state index is 12.9. The maximum Gasteiger partial charge on any atom is 0.416 e. The van der Waals surface area contributed by atoms with Crippen molar-refractivity contribution in [3.05, 3.63) is 41.2 Å². The van der Waals surface area contributed by atoms with Crippen LogP contribution in [0.15, 0.2) is 24.3 Å². The van der Waals surface area contributed by atoms with E-state index in [1.807, 2.05) is 0 Å². The van der Waals surface area contributed by atoms with Crippen LogP contribution in [0.5, 0.6) is 0 Å². The van der Waals surface area contributed by atoms with Crippen molar-refractivity contribution in [1.29, 1.82) is 0 Å². The molecule has 0 bridgehead atoms. The molecular formula is C10H6F4O. The molecule has 15 heavy (non-hydrogen) atoms. The first kappa shape index (κ1) is 11.4. The third-order valence-corrected chi connectivity index (χ3v) is 1.68. The molecule has 0 aliphatic heterocycles. The SMILES string of the molecule is O=CC=Cc1cc(C(F)(F)F)ccc1F. The van der Waals surface area contributed by atoms with Crippen LogP contribution in [0.4, 0.5) is 17.6 Å². The number of hydrogen-bond acceptors (Lipinski definition) is 1.